The summed E-state index contributed by atoms with van der Waals surface area (Å²) in [5.74, 6) is 1.83. The number of ether oxygens (including phenoxy) is 1. The summed E-state index contributed by atoms with van der Waals surface area (Å²) in [6.45, 7) is 1.27. The predicted molar refractivity (Wildman–Crippen MR) is 122 cm³/mol. The van der Waals surface area contributed by atoms with Crippen molar-refractivity contribution in [2.75, 3.05) is 24.6 Å². The summed E-state index contributed by atoms with van der Waals surface area (Å²) in [7, 11) is 0. The molecule has 1 saturated heterocycles. The van der Waals surface area contributed by atoms with E-state index in [4.69, 9.17) is 9.26 Å². The maximum Gasteiger partial charge on any atom is 0.257 e. The molecule has 3 aromatic rings. The first-order valence-corrected chi connectivity index (χ1v) is 11.7. The number of thiophene rings is 1. The first-order valence-electron chi connectivity index (χ1n) is 10.9. The molecule has 9 heteroatoms. The van der Waals surface area contributed by atoms with Gasteiger partial charge in [-0.2, -0.15) is 4.98 Å². The van der Waals surface area contributed by atoms with Crippen molar-refractivity contribution in [2.24, 2.45) is 0 Å². The van der Waals surface area contributed by atoms with Crippen LogP contribution in [-0.4, -0.2) is 41.7 Å². The minimum atomic E-state index is -0.162. The average molecular weight is 455 g/mol. The number of benzene rings is 1. The van der Waals surface area contributed by atoms with Gasteiger partial charge in [-0.15, -0.1) is 11.3 Å². The smallest absolute Gasteiger partial charge is 0.257 e. The highest BCUT2D eigenvalue weighted by Crippen LogP contribution is 2.25. The number of aromatic nitrogens is 2. The molecule has 0 atom stereocenters. The molecule has 3 heterocycles. The number of rotatable bonds is 11. The molecule has 168 valence electrons. The zero-order valence-corrected chi connectivity index (χ0v) is 18.6. The van der Waals surface area contributed by atoms with Gasteiger partial charge in [0.15, 0.2) is 6.61 Å². The summed E-state index contributed by atoms with van der Waals surface area (Å²) in [6, 6.07) is 11.2. The van der Waals surface area contributed by atoms with E-state index in [1.807, 2.05) is 29.6 Å². The second-order valence-corrected chi connectivity index (χ2v) is 8.53. The molecule has 0 aliphatic carbocycles. The molecule has 0 radical (unpaired) electrons. The number of aryl methyl sites for hydroxylation is 1. The van der Waals surface area contributed by atoms with Crippen molar-refractivity contribution < 1.29 is 18.8 Å². The molecular formula is C23H26N4O4S. The Labute approximate surface area is 190 Å². The van der Waals surface area contributed by atoms with Gasteiger partial charge >= 0.3 is 0 Å². The fraction of sp³-hybridized carbons (Fsp3) is 0.391. The molecule has 1 N–H and O–H groups in total. The predicted octanol–water partition coefficient (Wildman–Crippen LogP) is 3.83. The third kappa shape index (κ3) is 5.94. The Morgan fingerprint density at radius 3 is 2.97 bits per heavy atom. The van der Waals surface area contributed by atoms with Crippen molar-refractivity contribution in [1.29, 1.82) is 0 Å². The highest BCUT2D eigenvalue weighted by Gasteiger charge is 2.21. The number of hydrogen-bond acceptors (Lipinski definition) is 7. The lowest BCUT2D eigenvalue weighted by Gasteiger charge is -2.16. The molecule has 1 aromatic carbocycles. The first-order chi connectivity index (χ1) is 15.7. The summed E-state index contributed by atoms with van der Waals surface area (Å²) in [5, 5.41) is 8.87. The van der Waals surface area contributed by atoms with E-state index in [1.54, 1.807) is 28.4 Å². The van der Waals surface area contributed by atoms with E-state index in [1.165, 1.54) is 0 Å². The van der Waals surface area contributed by atoms with Crippen LogP contribution in [0.1, 0.15) is 38.0 Å². The summed E-state index contributed by atoms with van der Waals surface area (Å²) in [4.78, 5) is 31.1. The summed E-state index contributed by atoms with van der Waals surface area (Å²) >= 11 is 1.58. The van der Waals surface area contributed by atoms with Gasteiger partial charge < -0.3 is 19.5 Å². The van der Waals surface area contributed by atoms with Crippen LogP contribution in [0.3, 0.4) is 0 Å². The molecule has 2 aromatic heterocycles. The highest BCUT2D eigenvalue weighted by atomic mass is 32.1. The lowest BCUT2D eigenvalue weighted by atomic mass is 10.2. The van der Waals surface area contributed by atoms with Crippen LogP contribution in [0.5, 0.6) is 5.75 Å². The van der Waals surface area contributed by atoms with Crippen LogP contribution in [0.2, 0.25) is 0 Å². The number of nitrogens with one attached hydrogen (secondary N) is 1. The number of hydrogen-bond donors (Lipinski definition) is 1. The normalized spacial score (nSPS) is 13.5. The van der Waals surface area contributed by atoms with Crippen LogP contribution in [0.25, 0.3) is 10.7 Å². The minimum absolute atomic E-state index is 0.0507. The average Bonchev–Trinajstić information content (AvgIpc) is 3.56. The Kier molecular flexibility index (Phi) is 7.50. The number of anilines is 1. The third-order valence-corrected chi connectivity index (χ3v) is 6.04. The number of amides is 2. The van der Waals surface area contributed by atoms with Crippen molar-refractivity contribution in [3.63, 3.8) is 0 Å². The molecule has 8 nitrogen and oxygen atoms in total. The van der Waals surface area contributed by atoms with Crippen LogP contribution in [0.15, 0.2) is 46.3 Å². The van der Waals surface area contributed by atoms with Gasteiger partial charge in [0.25, 0.3) is 5.91 Å². The fourth-order valence-corrected chi connectivity index (χ4v) is 4.18. The number of nitrogens with zero attached hydrogens (tertiary/aromatic N) is 3. The molecule has 1 fully saturated rings. The molecule has 0 spiro atoms. The van der Waals surface area contributed by atoms with E-state index in [2.05, 4.69) is 15.5 Å². The van der Waals surface area contributed by atoms with Gasteiger partial charge in [-0.25, -0.2) is 0 Å². The van der Waals surface area contributed by atoms with E-state index in [0.717, 1.165) is 49.2 Å². The van der Waals surface area contributed by atoms with Crippen LogP contribution < -0.4 is 15.0 Å². The highest BCUT2D eigenvalue weighted by molar-refractivity contribution is 7.13. The van der Waals surface area contributed by atoms with E-state index in [9.17, 15) is 9.59 Å². The topological polar surface area (TPSA) is 97.6 Å². The molecule has 1 aliphatic rings. The largest absolute Gasteiger partial charge is 0.484 e. The number of carbonyl (C=O) groups excluding carboxylic acids is 2. The molecule has 4 rings (SSSR count). The van der Waals surface area contributed by atoms with E-state index in [0.29, 0.717) is 30.4 Å². The molecule has 0 bridgehead atoms. The standard InChI is InChI=1S/C23H26N4O4S/c28-20(16-30-18-8-4-7-17(15-18)27-13-5-11-22(27)29)24-12-3-1-2-10-21-25-23(26-31-21)19-9-6-14-32-19/h4,6-9,14-15H,1-3,5,10-13,16H2,(H,24,28). The molecule has 2 amide bonds. The van der Waals surface area contributed by atoms with Gasteiger partial charge in [0.1, 0.15) is 5.75 Å². The maximum absolute atomic E-state index is 12.0. The minimum Gasteiger partial charge on any atom is -0.484 e. The zero-order valence-electron chi connectivity index (χ0n) is 17.8. The van der Waals surface area contributed by atoms with E-state index in [-0.39, 0.29) is 18.4 Å². The molecular weight excluding hydrogens is 428 g/mol. The Morgan fingerprint density at radius 2 is 2.16 bits per heavy atom. The van der Waals surface area contributed by atoms with E-state index >= 15 is 0 Å². The van der Waals surface area contributed by atoms with Gasteiger partial charge in [-0.1, -0.05) is 23.7 Å². The SMILES string of the molecule is O=C(COc1cccc(N2CCCC2=O)c1)NCCCCCc1nc(-c2cccs2)no1. The third-order valence-electron chi connectivity index (χ3n) is 5.17. The second-order valence-electron chi connectivity index (χ2n) is 7.58. The van der Waals surface area contributed by atoms with Crippen LogP contribution >= 0.6 is 11.3 Å². The number of unbranched alkanes of at least 4 members (excludes halogenated alkanes) is 2. The van der Waals surface area contributed by atoms with Gasteiger partial charge in [-0.05, 0) is 42.8 Å². The Bertz CT molecular complexity index is 1030. The Morgan fingerprint density at radius 1 is 1.22 bits per heavy atom. The molecule has 0 unspecified atom stereocenters. The molecule has 0 saturated carbocycles. The van der Waals surface area contributed by atoms with Crippen LogP contribution in [-0.2, 0) is 16.0 Å². The summed E-state index contributed by atoms with van der Waals surface area (Å²) in [5.41, 5.74) is 0.814. The maximum atomic E-state index is 12.0. The quantitative estimate of drug-likeness (QED) is 0.442. The monoisotopic (exact) mass is 454 g/mol. The Balaban J connectivity index is 1.10. The van der Waals surface area contributed by atoms with Crippen LogP contribution in [0, 0.1) is 0 Å². The lowest BCUT2D eigenvalue weighted by molar-refractivity contribution is -0.123. The van der Waals surface area contributed by atoms with Crippen molar-refractivity contribution in [1.82, 2.24) is 15.5 Å². The lowest BCUT2D eigenvalue weighted by Crippen LogP contribution is -2.29. The molecule has 1 aliphatic heterocycles. The van der Waals surface area contributed by atoms with Crippen molar-refractivity contribution in [3.8, 4) is 16.5 Å². The van der Waals surface area contributed by atoms with Gasteiger partial charge in [0, 0.05) is 37.7 Å². The van der Waals surface area contributed by atoms with E-state index < -0.39 is 0 Å². The van der Waals surface area contributed by atoms with Crippen molar-refractivity contribution >= 4 is 28.8 Å². The number of carbonyl (C=O) groups is 2. The Hall–Kier alpha value is -3.20. The summed E-state index contributed by atoms with van der Waals surface area (Å²) in [6.07, 6.45) is 4.91. The van der Waals surface area contributed by atoms with Gasteiger partial charge in [-0.3, -0.25) is 9.59 Å². The van der Waals surface area contributed by atoms with Crippen molar-refractivity contribution in [3.05, 3.63) is 47.7 Å². The van der Waals surface area contributed by atoms with Crippen molar-refractivity contribution in [2.45, 2.75) is 38.5 Å². The van der Waals surface area contributed by atoms with Gasteiger partial charge in [0.05, 0.1) is 4.88 Å². The second kappa shape index (κ2) is 10.9. The fourth-order valence-electron chi connectivity index (χ4n) is 3.53. The van der Waals surface area contributed by atoms with Crippen LogP contribution in [0.4, 0.5) is 5.69 Å². The van der Waals surface area contributed by atoms with Gasteiger partial charge in [0.2, 0.25) is 17.6 Å². The first kappa shape index (κ1) is 22.0. The molecule has 32 heavy (non-hydrogen) atoms. The zero-order chi connectivity index (χ0) is 22.2. The summed E-state index contributed by atoms with van der Waals surface area (Å²) < 4.78 is 10.9.